The summed E-state index contributed by atoms with van der Waals surface area (Å²) < 4.78 is 23.8. The van der Waals surface area contributed by atoms with Crippen LogP contribution in [0.2, 0.25) is 0 Å². The number of nitrogens with one attached hydrogen (secondary N) is 1. The Bertz CT molecular complexity index is 624. The summed E-state index contributed by atoms with van der Waals surface area (Å²) in [4.78, 5) is 13.4. The number of carbonyl (C=O) groups excluding carboxylic acids is 1. The molecular weight excluding hydrogens is 349 g/mol. The molecule has 6 nitrogen and oxygen atoms in total. The number of carbonyl (C=O) groups is 1. The molecule has 0 bridgehead atoms. The van der Waals surface area contributed by atoms with E-state index in [-0.39, 0.29) is 37.8 Å². The average Bonchev–Trinajstić information content (AvgIpc) is 2.99. The summed E-state index contributed by atoms with van der Waals surface area (Å²) in [6, 6.07) is 6.99. The number of nitrogens with zero attached hydrogens (tertiary/aromatic N) is 2. The van der Waals surface area contributed by atoms with Crippen LogP contribution in [-0.4, -0.2) is 56.9 Å². The van der Waals surface area contributed by atoms with Crippen LogP contribution in [0.3, 0.4) is 0 Å². The molecule has 2 rings (SSSR count). The highest BCUT2D eigenvalue weighted by Gasteiger charge is 2.34. The van der Waals surface area contributed by atoms with E-state index < -0.39 is 12.2 Å². The molecule has 0 saturated carbocycles. The molecule has 2 atom stereocenters. The zero-order chi connectivity index (χ0) is 17.5. The Balaban J connectivity index is 0.00000312. The molecule has 1 fully saturated rings. The molecule has 0 aliphatic carbocycles. The van der Waals surface area contributed by atoms with Gasteiger partial charge in [0.05, 0.1) is 33.4 Å². The number of hydrogen-bond donors (Lipinski definition) is 1. The minimum atomic E-state index is -1.11. The van der Waals surface area contributed by atoms with Crippen LogP contribution in [0, 0.1) is 11.3 Å². The van der Waals surface area contributed by atoms with Crippen molar-refractivity contribution < 1.29 is 18.7 Å². The number of alkyl halides is 1. The standard InChI is InChI=1S/C17H22FN3O3.ClH/c1-23-15-4-3-12(7-16(15)24-2)5-6-20-10-17(22)21-11-13(18)8-14(21)9-19;/h3-4,7,13-14,20H,5-6,8,10-11H2,1-2H3;1H. The Morgan fingerprint density at radius 2 is 2.12 bits per heavy atom. The van der Waals surface area contributed by atoms with Crippen molar-refractivity contribution in [2.45, 2.75) is 25.1 Å². The number of amides is 1. The summed E-state index contributed by atoms with van der Waals surface area (Å²) in [6.07, 6.45) is -0.292. The van der Waals surface area contributed by atoms with E-state index in [4.69, 9.17) is 14.7 Å². The maximum atomic E-state index is 13.3. The maximum absolute atomic E-state index is 13.3. The molecule has 1 aromatic carbocycles. The molecule has 1 aliphatic rings. The first-order chi connectivity index (χ1) is 11.6. The minimum absolute atomic E-state index is 0. The molecule has 1 aliphatic heterocycles. The highest BCUT2D eigenvalue weighted by Crippen LogP contribution is 2.27. The predicted molar refractivity (Wildman–Crippen MR) is 94.0 cm³/mol. The van der Waals surface area contributed by atoms with Gasteiger partial charge in [-0.1, -0.05) is 6.07 Å². The number of ether oxygens (including phenoxy) is 2. The normalized spacial score (nSPS) is 19.0. The van der Waals surface area contributed by atoms with Crippen LogP contribution in [-0.2, 0) is 11.2 Å². The zero-order valence-electron chi connectivity index (χ0n) is 14.3. The molecule has 0 radical (unpaired) electrons. The third-order valence-corrected chi connectivity index (χ3v) is 4.03. The Kier molecular flexibility index (Phi) is 8.46. The van der Waals surface area contributed by atoms with E-state index in [9.17, 15) is 9.18 Å². The van der Waals surface area contributed by atoms with Gasteiger partial charge in [-0.2, -0.15) is 5.26 Å². The van der Waals surface area contributed by atoms with Gasteiger partial charge in [0.1, 0.15) is 12.2 Å². The van der Waals surface area contributed by atoms with Gasteiger partial charge in [0.25, 0.3) is 0 Å². The molecule has 2 unspecified atom stereocenters. The number of halogens is 2. The van der Waals surface area contributed by atoms with Crippen LogP contribution in [0.4, 0.5) is 4.39 Å². The number of nitriles is 1. The monoisotopic (exact) mass is 371 g/mol. The maximum Gasteiger partial charge on any atom is 0.237 e. The Labute approximate surface area is 153 Å². The number of methoxy groups -OCH3 is 2. The van der Waals surface area contributed by atoms with Crippen LogP contribution >= 0.6 is 12.4 Å². The largest absolute Gasteiger partial charge is 0.493 e. The second-order valence-corrected chi connectivity index (χ2v) is 5.64. The van der Waals surface area contributed by atoms with Crippen molar-refractivity contribution in [2.75, 3.05) is 33.9 Å². The van der Waals surface area contributed by atoms with E-state index >= 15 is 0 Å². The van der Waals surface area contributed by atoms with Crippen molar-refractivity contribution in [1.82, 2.24) is 10.2 Å². The molecule has 1 N–H and O–H groups in total. The van der Waals surface area contributed by atoms with Crippen LogP contribution < -0.4 is 14.8 Å². The van der Waals surface area contributed by atoms with E-state index in [2.05, 4.69) is 5.32 Å². The van der Waals surface area contributed by atoms with Crippen LogP contribution in [0.5, 0.6) is 11.5 Å². The summed E-state index contributed by atoms with van der Waals surface area (Å²) in [6.45, 7) is 0.692. The summed E-state index contributed by atoms with van der Waals surface area (Å²) in [5.41, 5.74) is 1.05. The first-order valence-electron chi connectivity index (χ1n) is 7.83. The summed E-state index contributed by atoms with van der Waals surface area (Å²) in [5, 5.41) is 12.0. The van der Waals surface area contributed by atoms with E-state index in [0.717, 1.165) is 5.56 Å². The van der Waals surface area contributed by atoms with Gasteiger partial charge in [0.15, 0.2) is 11.5 Å². The Morgan fingerprint density at radius 3 is 2.76 bits per heavy atom. The number of likely N-dealkylation sites (tertiary alicyclic amines) is 1. The van der Waals surface area contributed by atoms with Gasteiger partial charge in [-0.15, -0.1) is 12.4 Å². The fourth-order valence-electron chi connectivity index (χ4n) is 2.75. The first-order valence-corrected chi connectivity index (χ1v) is 7.83. The van der Waals surface area contributed by atoms with Crippen LogP contribution in [0.25, 0.3) is 0 Å². The number of hydrogen-bond acceptors (Lipinski definition) is 5. The highest BCUT2D eigenvalue weighted by atomic mass is 35.5. The molecule has 8 heteroatoms. The summed E-state index contributed by atoms with van der Waals surface area (Å²) in [5.74, 6) is 1.09. The van der Waals surface area contributed by atoms with Crippen LogP contribution in [0.1, 0.15) is 12.0 Å². The average molecular weight is 372 g/mol. The zero-order valence-corrected chi connectivity index (χ0v) is 15.1. The molecule has 25 heavy (non-hydrogen) atoms. The van der Waals surface area contributed by atoms with E-state index in [1.807, 2.05) is 24.3 Å². The molecule has 0 aromatic heterocycles. The molecular formula is C17H23ClFN3O3. The molecule has 138 valence electrons. The second kappa shape index (κ2) is 10.1. The first kappa shape index (κ1) is 21.0. The van der Waals surface area contributed by atoms with Gasteiger partial charge in [0, 0.05) is 6.42 Å². The van der Waals surface area contributed by atoms with Gasteiger partial charge in [0.2, 0.25) is 5.91 Å². The predicted octanol–water partition coefficient (Wildman–Crippen LogP) is 1.72. The SMILES string of the molecule is COc1ccc(CCNCC(=O)N2CC(F)CC2C#N)cc1OC.Cl. The summed E-state index contributed by atoms with van der Waals surface area (Å²) in [7, 11) is 3.16. The van der Waals surface area contributed by atoms with Crippen molar-refractivity contribution >= 4 is 18.3 Å². The molecule has 1 amide bonds. The third-order valence-electron chi connectivity index (χ3n) is 4.03. The number of rotatable bonds is 7. The van der Waals surface area contributed by atoms with E-state index in [1.54, 1.807) is 14.2 Å². The smallest absolute Gasteiger partial charge is 0.237 e. The molecule has 1 saturated heterocycles. The van der Waals surface area contributed by atoms with Crippen molar-refractivity contribution in [2.24, 2.45) is 0 Å². The topological polar surface area (TPSA) is 74.6 Å². The van der Waals surface area contributed by atoms with Crippen molar-refractivity contribution in [3.63, 3.8) is 0 Å². The molecule has 1 aromatic rings. The summed E-state index contributed by atoms with van der Waals surface area (Å²) >= 11 is 0. The van der Waals surface area contributed by atoms with Crippen molar-refractivity contribution in [3.8, 4) is 17.6 Å². The van der Waals surface area contributed by atoms with Gasteiger partial charge < -0.3 is 19.7 Å². The van der Waals surface area contributed by atoms with Gasteiger partial charge in [-0.3, -0.25) is 4.79 Å². The Morgan fingerprint density at radius 1 is 1.40 bits per heavy atom. The third kappa shape index (κ3) is 5.48. The quantitative estimate of drug-likeness (QED) is 0.739. The van der Waals surface area contributed by atoms with Gasteiger partial charge in [-0.05, 0) is 30.7 Å². The van der Waals surface area contributed by atoms with E-state index in [0.29, 0.717) is 24.5 Å². The van der Waals surface area contributed by atoms with Crippen molar-refractivity contribution in [1.29, 1.82) is 5.26 Å². The Hall–Kier alpha value is -2.04. The minimum Gasteiger partial charge on any atom is -0.493 e. The van der Waals surface area contributed by atoms with E-state index in [1.165, 1.54) is 4.90 Å². The van der Waals surface area contributed by atoms with Gasteiger partial charge >= 0.3 is 0 Å². The van der Waals surface area contributed by atoms with Crippen LogP contribution in [0.15, 0.2) is 18.2 Å². The highest BCUT2D eigenvalue weighted by molar-refractivity contribution is 5.85. The second-order valence-electron chi connectivity index (χ2n) is 5.64. The molecule has 0 spiro atoms. The lowest BCUT2D eigenvalue weighted by Crippen LogP contribution is -2.41. The lowest BCUT2D eigenvalue weighted by atomic mass is 10.1. The number of benzene rings is 1. The lowest BCUT2D eigenvalue weighted by Gasteiger charge is -2.19. The lowest BCUT2D eigenvalue weighted by molar-refractivity contribution is -0.130. The molecule has 1 heterocycles. The van der Waals surface area contributed by atoms with Gasteiger partial charge in [-0.25, -0.2) is 4.39 Å². The fourth-order valence-corrected chi connectivity index (χ4v) is 2.75. The van der Waals surface area contributed by atoms with Crippen molar-refractivity contribution in [3.05, 3.63) is 23.8 Å². The fraction of sp³-hybridized carbons (Fsp3) is 0.529.